The Labute approximate surface area is 115 Å². The van der Waals surface area contributed by atoms with Gasteiger partial charge in [0.05, 0.1) is 12.2 Å². The van der Waals surface area contributed by atoms with Gasteiger partial charge in [0.25, 0.3) is 0 Å². The zero-order valence-corrected chi connectivity index (χ0v) is 10.9. The van der Waals surface area contributed by atoms with Crippen LogP contribution in [0.25, 0.3) is 0 Å². The Kier molecular flexibility index (Phi) is 4.27. The molecule has 0 radical (unpaired) electrons. The van der Waals surface area contributed by atoms with Crippen LogP contribution >= 0.6 is 0 Å². The van der Waals surface area contributed by atoms with Crippen LogP contribution < -0.4 is 4.74 Å². The first-order valence-corrected chi connectivity index (χ1v) is 6.18. The summed E-state index contributed by atoms with van der Waals surface area (Å²) in [5.41, 5.74) is 0.616. The fraction of sp³-hybridized carbons (Fsp3) is 0.267. The van der Waals surface area contributed by atoms with Gasteiger partial charge in [0.1, 0.15) is 0 Å². The van der Waals surface area contributed by atoms with Gasteiger partial charge in [0.2, 0.25) is 5.88 Å². The minimum absolute atomic E-state index is 0.00764. The van der Waals surface area contributed by atoms with Crippen molar-refractivity contribution in [3.05, 3.63) is 59.3 Å². The average molecular weight is 281 g/mol. The van der Waals surface area contributed by atoms with Gasteiger partial charge in [-0.25, -0.2) is 4.98 Å². The van der Waals surface area contributed by atoms with Gasteiger partial charge in [-0.05, 0) is 18.6 Å². The number of hydrogen-bond acceptors (Lipinski definition) is 2. The van der Waals surface area contributed by atoms with E-state index in [0.29, 0.717) is 6.42 Å². The van der Waals surface area contributed by atoms with Crippen molar-refractivity contribution >= 4 is 0 Å². The molecule has 0 saturated carbocycles. The lowest BCUT2D eigenvalue weighted by Crippen LogP contribution is -2.08. The van der Waals surface area contributed by atoms with Crippen molar-refractivity contribution < 1.29 is 17.9 Å². The van der Waals surface area contributed by atoms with Crippen LogP contribution in [0, 0.1) is 6.92 Å². The molecule has 0 aliphatic rings. The maximum absolute atomic E-state index is 12.7. The lowest BCUT2D eigenvalue weighted by atomic mass is 10.2. The summed E-state index contributed by atoms with van der Waals surface area (Å²) >= 11 is 0. The summed E-state index contributed by atoms with van der Waals surface area (Å²) in [6, 6.07) is 11.5. The standard InChI is InChI=1S/C15H14F3NO/c1-11-9-13(15(16,17)18)10-14(19-11)20-8-7-12-5-3-2-4-6-12/h2-6,9-10H,7-8H2,1H3. The topological polar surface area (TPSA) is 22.1 Å². The van der Waals surface area contributed by atoms with Crippen molar-refractivity contribution in [2.24, 2.45) is 0 Å². The summed E-state index contributed by atoms with van der Waals surface area (Å²) in [7, 11) is 0. The Bertz CT molecular complexity index is 567. The fourth-order valence-electron chi connectivity index (χ4n) is 1.79. The highest BCUT2D eigenvalue weighted by Gasteiger charge is 2.31. The van der Waals surface area contributed by atoms with Gasteiger partial charge in [-0.2, -0.15) is 13.2 Å². The number of nitrogens with zero attached hydrogens (tertiary/aromatic N) is 1. The Hall–Kier alpha value is -2.04. The molecule has 0 unspecified atom stereocenters. The second-order valence-electron chi connectivity index (χ2n) is 4.42. The molecule has 0 bridgehead atoms. The number of hydrogen-bond donors (Lipinski definition) is 0. The number of halogens is 3. The van der Waals surface area contributed by atoms with Gasteiger partial charge in [-0.15, -0.1) is 0 Å². The lowest BCUT2D eigenvalue weighted by molar-refractivity contribution is -0.137. The Morgan fingerprint density at radius 3 is 2.45 bits per heavy atom. The summed E-state index contributed by atoms with van der Waals surface area (Å²) in [5.74, 6) is 0.00764. The smallest absolute Gasteiger partial charge is 0.416 e. The first-order chi connectivity index (χ1) is 9.45. The highest BCUT2D eigenvalue weighted by atomic mass is 19.4. The van der Waals surface area contributed by atoms with Gasteiger partial charge in [0, 0.05) is 18.2 Å². The molecule has 1 aromatic carbocycles. The van der Waals surface area contributed by atoms with Crippen LogP contribution in [0.2, 0.25) is 0 Å². The van der Waals surface area contributed by atoms with Crippen LogP contribution in [0.3, 0.4) is 0 Å². The van der Waals surface area contributed by atoms with E-state index in [1.807, 2.05) is 30.3 Å². The third-order valence-electron chi connectivity index (χ3n) is 2.74. The van der Waals surface area contributed by atoms with Crippen LogP contribution in [0.15, 0.2) is 42.5 Å². The first kappa shape index (κ1) is 14.4. The van der Waals surface area contributed by atoms with Gasteiger partial charge in [0.15, 0.2) is 0 Å². The van der Waals surface area contributed by atoms with Crippen LogP contribution in [0.5, 0.6) is 5.88 Å². The monoisotopic (exact) mass is 281 g/mol. The Morgan fingerprint density at radius 1 is 1.10 bits per heavy atom. The molecule has 0 fully saturated rings. The number of pyridine rings is 1. The lowest BCUT2D eigenvalue weighted by Gasteiger charge is -2.11. The van der Waals surface area contributed by atoms with E-state index in [1.165, 1.54) is 6.92 Å². The molecule has 0 saturated heterocycles. The molecule has 0 aliphatic carbocycles. The largest absolute Gasteiger partial charge is 0.477 e. The first-order valence-electron chi connectivity index (χ1n) is 6.18. The zero-order chi connectivity index (χ0) is 14.6. The van der Waals surface area contributed by atoms with Gasteiger partial charge >= 0.3 is 6.18 Å². The second kappa shape index (κ2) is 5.94. The van der Waals surface area contributed by atoms with E-state index in [4.69, 9.17) is 4.74 Å². The number of aromatic nitrogens is 1. The number of benzene rings is 1. The molecule has 0 atom stereocenters. The van der Waals surface area contributed by atoms with E-state index in [1.54, 1.807) is 0 Å². The number of rotatable bonds is 4. The van der Waals surface area contributed by atoms with Gasteiger partial charge in [-0.1, -0.05) is 30.3 Å². The van der Waals surface area contributed by atoms with Crippen LogP contribution in [0.1, 0.15) is 16.8 Å². The average Bonchev–Trinajstić information content (AvgIpc) is 2.38. The van der Waals surface area contributed by atoms with Crippen molar-refractivity contribution in [2.45, 2.75) is 19.5 Å². The molecule has 0 aliphatic heterocycles. The quantitative estimate of drug-likeness (QED) is 0.844. The minimum Gasteiger partial charge on any atom is -0.477 e. The highest BCUT2D eigenvalue weighted by Crippen LogP contribution is 2.31. The summed E-state index contributed by atoms with van der Waals surface area (Å²) in [6.45, 7) is 1.80. The fourth-order valence-corrected chi connectivity index (χ4v) is 1.79. The summed E-state index contributed by atoms with van der Waals surface area (Å²) < 4.78 is 43.3. The van der Waals surface area contributed by atoms with E-state index in [0.717, 1.165) is 17.7 Å². The van der Waals surface area contributed by atoms with E-state index >= 15 is 0 Å². The SMILES string of the molecule is Cc1cc(C(F)(F)F)cc(OCCc2ccccc2)n1. The molecule has 0 amide bonds. The molecule has 5 heteroatoms. The van der Waals surface area contributed by atoms with E-state index in [2.05, 4.69) is 4.98 Å². The van der Waals surface area contributed by atoms with Crippen molar-refractivity contribution in [3.63, 3.8) is 0 Å². The zero-order valence-electron chi connectivity index (χ0n) is 10.9. The predicted molar refractivity (Wildman–Crippen MR) is 69.6 cm³/mol. The van der Waals surface area contributed by atoms with Gasteiger partial charge in [-0.3, -0.25) is 0 Å². The van der Waals surface area contributed by atoms with Crippen molar-refractivity contribution in [2.75, 3.05) is 6.61 Å². The van der Waals surface area contributed by atoms with E-state index in [-0.39, 0.29) is 18.2 Å². The third-order valence-corrected chi connectivity index (χ3v) is 2.74. The predicted octanol–water partition coefficient (Wildman–Crippen LogP) is 4.03. The van der Waals surface area contributed by atoms with E-state index < -0.39 is 11.7 Å². The van der Waals surface area contributed by atoms with Crippen LogP contribution in [-0.4, -0.2) is 11.6 Å². The molecule has 0 spiro atoms. The highest BCUT2D eigenvalue weighted by molar-refractivity contribution is 5.27. The maximum atomic E-state index is 12.7. The number of aryl methyl sites for hydroxylation is 1. The van der Waals surface area contributed by atoms with Crippen molar-refractivity contribution in [1.82, 2.24) is 4.98 Å². The molecule has 1 aromatic heterocycles. The molecule has 2 rings (SSSR count). The van der Waals surface area contributed by atoms with E-state index in [9.17, 15) is 13.2 Å². The summed E-state index contributed by atoms with van der Waals surface area (Å²) in [5, 5.41) is 0. The molecule has 106 valence electrons. The second-order valence-corrected chi connectivity index (χ2v) is 4.42. The van der Waals surface area contributed by atoms with Crippen LogP contribution in [0.4, 0.5) is 13.2 Å². The number of alkyl halides is 3. The third kappa shape index (κ3) is 3.98. The molecule has 1 heterocycles. The maximum Gasteiger partial charge on any atom is 0.416 e. The molecule has 0 N–H and O–H groups in total. The van der Waals surface area contributed by atoms with Crippen LogP contribution in [-0.2, 0) is 12.6 Å². The molecular weight excluding hydrogens is 267 g/mol. The molecule has 20 heavy (non-hydrogen) atoms. The molecule has 2 aromatic rings. The summed E-state index contributed by atoms with van der Waals surface area (Å²) in [6.07, 6.45) is -3.76. The Morgan fingerprint density at radius 2 is 1.80 bits per heavy atom. The normalized spacial score (nSPS) is 11.4. The van der Waals surface area contributed by atoms with Crippen molar-refractivity contribution in [1.29, 1.82) is 0 Å². The van der Waals surface area contributed by atoms with Crippen molar-refractivity contribution in [3.8, 4) is 5.88 Å². The summed E-state index contributed by atoms with van der Waals surface area (Å²) in [4.78, 5) is 3.96. The minimum atomic E-state index is -4.38. The molecule has 2 nitrogen and oxygen atoms in total. The number of ether oxygens (including phenoxy) is 1. The van der Waals surface area contributed by atoms with Gasteiger partial charge < -0.3 is 4.74 Å². The molecular formula is C15H14F3NO. The Balaban J connectivity index is 2.01.